The van der Waals surface area contributed by atoms with Crippen LogP contribution >= 0.6 is 11.6 Å². The molecule has 2 fully saturated rings. The quantitative estimate of drug-likeness (QED) is 0.656. The third-order valence-electron chi connectivity index (χ3n) is 5.93. The number of pyridine rings is 1. The van der Waals surface area contributed by atoms with Crippen molar-refractivity contribution in [1.29, 1.82) is 5.26 Å². The number of halogens is 1. The molecule has 2 aliphatic heterocycles. The Bertz CT molecular complexity index is 1080. The Hall–Kier alpha value is -2.91. The van der Waals surface area contributed by atoms with E-state index >= 15 is 0 Å². The van der Waals surface area contributed by atoms with E-state index < -0.39 is 0 Å². The van der Waals surface area contributed by atoms with Crippen LogP contribution < -0.4 is 9.80 Å². The van der Waals surface area contributed by atoms with Gasteiger partial charge in [-0.25, -0.2) is 9.97 Å². The van der Waals surface area contributed by atoms with Crippen LogP contribution in [0.5, 0.6) is 0 Å². The average molecular weight is 405 g/mol. The first-order valence-electron chi connectivity index (χ1n) is 9.98. The minimum absolute atomic E-state index is 0.161. The average Bonchev–Trinajstić information content (AvgIpc) is 2.73. The maximum Gasteiger partial charge on any atom is 0.150 e. The van der Waals surface area contributed by atoms with Gasteiger partial charge in [-0.05, 0) is 25.0 Å². The zero-order chi connectivity index (χ0) is 19.8. The van der Waals surface area contributed by atoms with Crippen LogP contribution in [0.1, 0.15) is 24.5 Å². The fourth-order valence-electron chi connectivity index (χ4n) is 4.21. The molecule has 0 bridgehead atoms. The molecular formula is C22H21ClN6. The van der Waals surface area contributed by atoms with Crippen molar-refractivity contribution in [1.82, 2.24) is 15.0 Å². The largest absolute Gasteiger partial charge is 0.355 e. The molecule has 6 nitrogen and oxygen atoms in total. The molecule has 1 aromatic carbocycles. The van der Waals surface area contributed by atoms with Crippen LogP contribution in [0, 0.1) is 17.2 Å². The Labute approximate surface area is 174 Å². The molecule has 146 valence electrons. The van der Waals surface area contributed by atoms with Gasteiger partial charge in [0.2, 0.25) is 0 Å². The van der Waals surface area contributed by atoms with Gasteiger partial charge in [0, 0.05) is 55.8 Å². The highest BCUT2D eigenvalue weighted by Gasteiger charge is 2.34. The van der Waals surface area contributed by atoms with E-state index in [1.165, 1.54) is 0 Å². The normalized spacial score (nSPS) is 17.9. The topological polar surface area (TPSA) is 68.9 Å². The van der Waals surface area contributed by atoms with Crippen LogP contribution in [0.2, 0.25) is 5.02 Å². The SMILES string of the molecule is N#CC1CCN(c2nccnc2C2CN(c3cc(Cl)c4ccccc4n3)C2)CC1. The summed E-state index contributed by atoms with van der Waals surface area (Å²) >= 11 is 6.47. The summed E-state index contributed by atoms with van der Waals surface area (Å²) < 4.78 is 0. The lowest BCUT2D eigenvalue weighted by Gasteiger charge is -2.41. The fraction of sp³-hybridized carbons (Fsp3) is 0.364. The highest BCUT2D eigenvalue weighted by Crippen LogP contribution is 2.36. The lowest BCUT2D eigenvalue weighted by Crippen LogP contribution is -2.47. The summed E-state index contributed by atoms with van der Waals surface area (Å²) in [5, 5.41) is 10.9. The molecule has 4 heterocycles. The first-order chi connectivity index (χ1) is 14.2. The van der Waals surface area contributed by atoms with E-state index in [-0.39, 0.29) is 5.92 Å². The molecule has 0 saturated carbocycles. The van der Waals surface area contributed by atoms with Crippen molar-refractivity contribution in [2.45, 2.75) is 18.8 Å². The molecular weight excluding hydrogens is 384 g/mol. The molecule has 0 unspecified atom stereocenters. The lowest BCUT2D eigenvalue weighted by molar-refractivity contribution is 0.473. The highest BCUT2D eigenvalue weighted by molar-refractivity contribution is 6.35. The summed E-state index contributed by atoms with van der Waals surface area (Å²) in [5.74, 6) is 2.36. The van der Waals surface area contributed by atoms with Crippen LogP contribution in [0.25, 0.3) is 10.9 Å². The predicted octanol–water partition coefficient (Wildman–Crippen LogP) is 4.02. The van der Waals surface area contributed by atoms with Crippen molar-refractivity contribution < 1.29 is 0 Å². The second-order valence-corrected chi connectivity index (χ2v) is 8.14. The Morgan fingerprint density at radius 2 is 1.79 bits per heavy atom. The third-order valence-corrected chi connectivity index (χ3v) is 6.24. The minimum atomic E-state index is 0.161. The second kappa shape index (κ2) is 7.49. The van der Waals surface area contributed by atoms with E-state index in [0.29, 0.717) is 5.92 Å². The Morgan fingerprint density at radius 1 is 1.03 bits per heavy atom. The molecule has 29 heavy (non-hydrogen) atoms. The number of hydrogen-bond donors (Lipinski definition) is 0. The van der Waals surface area contributed by atoms with Gasteiger partial charge in [0.15, 0.2) is 5.82 Å². The van der Waals surface area contributed by atoms with Crippen molar-refractivity contribution in [3.63, 3.8) is 0 Å². The smallest absolute Gasteiger partial charge is 0.150 e. The second-order valence-electron chi connectivity index (χ2n) is 7.74. The molecule has 0 amide bonds. The molecule has 2 aliphatic rings. The van der Waals surface area contributed by atoms with Crippen molar-refractivity contribution in [3.8, 4) is 6.07 Å². The predicted molar refractivity (Wildman–Crippen MR) is 114 cm³/mol. The molecule has 0 atom stereocenters. The van der Waals surface area contributed by atoms with Crippen molar-refractivity contribution in [2.75, 3.05) is 36.0 Å². The molecule has 5 rings (SSSR count). The third kappa shape index (κ3) is 3.36. The number of anilines is 2. The zero-order valence-electron chi connectivity index (χ0n) is 16.0. The summed E-state index contributed by atoms with van der Waals surface area (Å²) in [6.07, 6.45) is 5.32. The zero-order valence-corrected chi connectivity index (χ0v) is 16.8. The fourth-order valence-corrected chi connectivity index (χ4v) is 4.47. The minimum Gasteiger partial charge on any atom is -0.355 e. The van der Waals surface area contributed by atoms with Gasteiger partial charge in [-0.15, -0.1) is 0 Å². The molecule has 7 heteroatoms. The highest BCUT2D eigenvalue weighted by atomic mass is 35.5. The Kier molecular flexibility index (Phi) is 4.69. The van der Waals surface area contributed by atoms with Crippen LogP contribution in [0.4, 0.5) is 11.6 Å². The van der Waals surface area contributed by atoms with E-state index in [9.17, 15) is 0 Å². The van der Waals surface area contributed by atoms with Gasteiger partial charge in [-0.1, -0.05) is 29.8 Å². The van der Waals surface area contributed by atoms with Crippen molar-refractivity contribution in [2.24, 2.45) is 5.92 Å². The molecule has 0 aliphatic carbocycles. The first-order valence-corrected chi connectivity index (χ1v) is 10.4. The summed E-state index contributed by atoms with van der Waals surface area (Å²) in [7, 11) is 0. The number of piperidine rings is 1. The van der Waals surface area contributed by atoms with E-state index in [1.54, 1.807) is 12.4 Å². The maximum absolute atomic E-state index is 9.14. The van der Waals surface area contributed by atoms with E-state index in [1.807, 2.05) is 30.3 Å². The Morgan fingerprint density at radius 3 is 2.59 bits per heavy atom. The standard InChI is InChI=1S/C22H21ClN6/c23-18-11-20(27-19-4-2-1-3-17(18)19)29-13-16(14-29)21-22(26-8-7-25-21)28-9-5-15(12-24)6-10-28/h1-4,7-8,11,15-16H,5-6,9-10,13-14H2. The van der Waals surface area contributed by atoms with Gasteiger partial charge < -0.3 is 9.80 Å². The molecule has 0 spiro atoms. The number of fused-ring (bicyclic) bond motifs is 1. The van der Waals surface area contributed by atoms with E-state index in [4.69, 9.17) is 21.8 Å². The summed E-state index contributed by atoms with van der Waals surface area (Å²) in [6.45, 7) is 3.43. The first kappa shape index (κ1) is 18.1. The van der Waals surface area contributed by atoms with Crippen LogP contribution in [0.3, 0.4) is 0 Å². The maximum atomic E-state index is 9.14. The van der Waals surface area contributed by atoms with Crippen molar-refractivity contribution in [3.05, 3.63) is 53.4 Å². The molecule has 0 N–H and O–H groups in total. The number of nitrogens with zero attached hydrogens (tertiary/aromatic N) is 6. The number of benzene rings is 1. The summed E-state index contributed by atoms with van der Waals surface area (Å²) in [4.78, 5) is 18.6. The lowest BCUT2D eigenvalue weighted by atomic mass is 9.94. The number of para-hydroxylation sites is 1. The molecule has 0 radical (unpaired) electrons. The number of hydrogen-bond acceptors (Lipinski definition) is 6. The van der Waals surface area contributed by atoms with Gasteiger partial charge in [0.05, 0.1) is 22.3 Å². The summed E-state index contributed by atoms with van der Waals surface area (Å²) in [5.41, 5.74) is 1.96. The number of rotatable bonds is 3. The van der Waals surface area contributed by atoms with E-state index in [0.717, 1.165) is 72.3 Å². The Balaban J connectivity index is 1.34. The van der Waals surface area contributed by atoms with Gasteiger partial charge in [-0.3, -0.25) is 4.98 Å². The summed E-state index contributed by atoms with van der Waals surface area (Å²) in [6, 6.07) is 12.3. The number of nitriles is 1. The van der Waals surface area contributed by atoms with E-state index in [2.05, 4.69) is 25.8 Å². The molecule has 2 saturated heterocycles. The van der Waals surface area contributed by atoms with Crippen LogP contribution in [0.15, 0.2) is 42.7 Å². The van der Waals surface area contributed by atoms with Crippen molar-refractivity contribution >= 4 is 34.1 Å². The van der Waals surface area contributed by atoms with Gasteiger partial charge in [-0.2, -0.15) is 5.26 Å². The van der Waals surface area contributed by atoms with Crippen LogP contribution in [-0.2, 0) is 0 Å². The monoisotopic (exact) mass is 404 g/mol. The van der Waals surface area contributed by atoms with Gasteiger partial charge in [0.25, 0.3) is 0 Å². The molecule has 2 aromatic heterocycles. The van der Waals surface area contributed by atoms with Gasteiger partial charge in [0.1, 0.15) is 5.82 Å². The number of aromatic nitrogens is 3. The molecule has 3 aromatic rings. The van der Waals surface area contributed by atoms with Gasteiger partial charge >= 0.3 is 0 Å². The van der Waals surface area contributed by atoms with Crippen LogP contribution in [-0.4, -0.2) is 41.1 Å².